The first-order chi connectivity index (χ1) is 10.5. The molecular formula is C14H23N3O4S2. The van der Waals surface area contributed by atoms with Crippen LogP contribution in [-0.2, 0) is 20.0 Å². The van der Waals surface area contributed by atoms with Gasteiger partial charge in [0, 0.05) is 12.6 Å². The number of hydrogen-bond acceptors (Lipinski definition) is 5. The first-order valence-corrected chi connectivity index (χ1v) is 10.4. The molecule has 0 saturated carbocycles. The molecular weight excluding hydrogens is 338 g/mol. The molecule has 2 rings (SSSR count). The van der Waals surface area contributed by atoms with Crippen molar-refractivity contribution in [3.05, 3.63) is 24.3 Å². The van der Waals surface area contributed by atoms with Crippen LogP contribution in [0.15, 0.2) is 34.1 Å². The predicted molar refractivity (Wildman–Crippen MR) is 87.8 cm³/mol. The summed E-state index contributed by atoms with van der Waals surface area (Å²) in [6.07, 6.45) is 2.08. The van der Waals surface area contributed by atoms with Crippen LogP contribution >= 0.6 is 0 Å². The molecule has 1 heterocycles. The van der Waals surface area contributed by atoms with E-state index in [1.165, 1.54) is 18.2 Å². The molecule has 1 atom stereocenters. The van der Waals surface area contributed by atoms with Crippen LogP contribution in [0, 0.1) is 5.41 Å². The average Bonchev–Trinajstić information content (AvgIpc) is 2.45. The number of piperidine rings is 1. The molecule has 0 radical (unpaired) electrons. The van der Waals surface area contributed by atoms with Crippen molar-refractivity contribution in [1.29, 1.82) is 0 Å². The van der Waals surface area contributed by atoms with Gasteiger partial charge in [-0.3, -0.25) is 0 Å². The lowest BCUT2D eigenvalue weighted by Crippen LogP contribution is -2.52. The van der Waals surface area contributed by atoms with Crippen molar-refractivity contribution in [2.24, 2.45) is 10.6 Å². The largest absolute Gasteiger partial charge is 0.312 e. The maximum absolute atomic E-state index is 12.4. The van der Waals surface area contributed by atoms with Gasteiger partial charge in [0.2, 0.25) is 20.0 Å². The molecule has 4 N–H and O–H groups in total. The molecule has 1 aliphatic rings. The predicted octanol–water partition coefficient (Wildman–Crippen LogP) is 0.391. The van der Waals surface area contributed by atoms with E-state index in [-0.39, 0.29) is 27.8 Å². The number of hydrogen-bond donors (Lipinski definition) is 3. The molecule has 1 unspecified atom stereocenters. The normalized spacial score (nSPS) is 22.0. The molecule has 1 aromatic rings. The zero-order chi connectivity index (χ0) is 17.3. The third-order valence-corrected chi connectivity index (χ3v) is 6.59. The maximum atomic E-state index is 12.4. The van der Waals surface area contributed by atoms with Crippen molar-refractivity contribution in [1.82, 2.24) is 10.0 Å². The molecule has 0 aromatic heterocycles. The van der Waals surface area contributed by atoms with E-state index in [0.29, 0.717) is 0 Å². The van der Waals surface area contributed by atoms with Crippen LogP contribution in [0.3, 0.4) is 0 Å². The second-order valence-electron chi connectivity index (χ2n) is 6.47. The monoisotopic (exact) mass is 361 g/mol. The van der Waals surface area contributed by atoms with Crippen molar-refractivity contribution in [3.8, 4) is 0 Å². The Morgan fingerprint density at radius 1 is 1.26 bits per heavy atom. The fourth-order valence-electron chi connectivity index (χ4n) is 2.71. The average molecular weight is 361 g/mol. The van der Waals surface area contributed by atoms with Crippen LogP contribution < -0.4 is 15.2 Å². The van der Waals surface area contributed by atoms with Crippen LogP contribution in [0.5, 0.6) is 0 Å². The molecule has 0 bridgehead atoms. The molecule has 7 nitrogen and oxygen atoms in total. The Hall–Kier alpha value is -1.00. The molecule has 1 aliphatic heterocycles. The molecule has 1 saturated heterocycles. The number of primary sulfonamides is 1. The Bertz CT molecular complexity index is 773. The van der Waals surface area contributed by atoms with Gasteiger partial charge in [0.15, 0.2) is 0 Å². The van der Waals surface area contributed by atoms with Crippen molar-refractivity contribution in [2.45, 2.75) is 42.5 Å². The summed E-state index contributed by atoms with van der Waals surface area (Å²) in [5.41, 5.74) is -0.0107. The first-order valence-electron chi connectivity index (χ1n) is 7.38. The minimum Gasteiger partial charge on any atom is -0.312 e. The highest BCUT2D eigenvalue weighted by molar-refractivity contribution is 7.90. The fourth-order valence-corrected chi connectivity index (χ4v) is 4.44. The van der Waals surface area contributed by atoms with Crippen molar-refractivity contribution in [3.63, 3.8) is 0 Å². The Kier molecular flexibility index (Phi) is 5.17. The summed E-state index contributed by atoms with van der Waals surface area (Å²) >= 11 is 0. The second kappa shape index (κ2) is 6.48. The van der Waals surface area contributed by atoms with E-state index in [9.17, 15) is 16.8 Å². The standard InChI is InChI=1S/C14H23N3O4S2/c1-14(2)7-4-8-16-13(14)10-17-23(20,21)12-6-3-5-11(9-12)22(15,18)19/h3,5-6,9,13,16-17H,4,7-8,10H2,1-2H3,(H2,15,18,19). The van der Waals surface area contributed by atoms with E-state index in [0.717, 1.165) is 25.5 Å². The van der Waals surface area contributed by atoms with Crippen LogP contribution in [0.25, 0.3) is 0 Å². The minimum absolute atomic E-state index is 0.0107. The third kappa shape index (κ3) is 4.51. The first kappa shape index (κ1) is 18.3. The van der Waals surface area contributed by atoms with Crippen LogP contribution in [0.2, 0.25) is 0 Å². The van der Waals surface area contributed by atoms with Crippen molar-refractivity contribution >= 4 is 20.0 Å². The molecule has 23 heavy (non-hydrogen) atoms. The van der Waals surface area contributed by atoms with Crippen LogP contribution in [-0.4, -0.2) is 36.0 Å². The van der Waals surface area contributed by atoms with Crippen LogP contribution in [0.4, 0.5) is 0 Å². The lowest BCUT2D eigenvalue weighted by Gasteiger charge is -2.39. The summed E-state index contributed by atoms with van der Waals surface area (Å²) in [5.74, 6) is 0. The van der Waals surface area contributed by atoms with E-state index in [1.54, 1.807) is 0 Å². The highest BCUT2D eigenvalue weighted by atomic mass is 32.2. The van der Waals surface area contributed by atoms with E-state index < -0.39 is 20.0 Å². The third-order valence-electron chi connectivity index (χ3n) is 4.25. The fraction of sp³-hybridized carbons (Fsp3) is 0.571. The molecule has 0 amide bonds. The highest BCUT2D eigenvalue weighted by Crippen LogP contribution is 2.29. The van der Waals surface area contributed by atoms with Crippen molar-refractivity contribution < 1.29 is 16.8 Å². The van der Waals surface area contributed by atoms with Gasteiger partial charge in [-0.25, -0.2) is 26.7 Å². The molecule has 130 valence electrons. The van der Waals surface area contributed by atoms with E-state index in [2.05, 4.69) is 23.9 Å². The maximum Gasteiger partial charge on any atom is 0.240 e. The molecule has 0 spiro atoms. The van der Waals surface area contributed by atoms with E-state index in [1.807, 2.05) is 0 Å². The summed E-state index contributed by atoms with van der Waals surface area (Å²) in [4.78, 5) is -0.339. The summed E-state index contributed by atoms with van der Waals surface area (Å²) in [7, 11) is -7.75. The number of sulfonamides is 2. The smallest absolute Gasteiger partial charge is 0.240 e. The van der Waals surface area contributed by atoms with Gasteiger partial charge in [0.05, 0.1) is 9.79 Å². The summed E-state index contributed by atoms with van der Waals surface area (Å²) in [6.45, 7) is 5.30. The van der Waals surface area contributed by atoms with Gasteiger partial charge >= 0.3 is 0 Å². The number of benzene rings is 1. The zero-order valence-electron chi connectivity index (χ0n) is 13.2. The van der Waals surface area contributed by atoms with Gasteiger partial charge in [-0.2, -0.15) is 0 Å². The van der Waals surface area contributed by atoms with Gasteiger partial charge in [0.25, 0.3) is 0 Å². The quantitative estimate of drug-likeness (QED) is 0.701. The van der Waals surface area contributed by atoms with E-state index >= 15 is 0 Å². The SMILES string of the molecule is CC1(C)CCCNC1CNS(=O)(=O)c1cccc(S(N)(=O)=O)c1. The Morgan fingerprint density at radius 2 is 1.91 bits per heavy atom. The van der Waals surface area contributed by atoms with Gasteiger partial charge in [-0.15, -0.1) is 0 Å². The zero-order valence-corrected chi connectivity index (χ0v) is 14.9. The van der Waals surface area contributed by atoms with Gasteiger partial charge in [-0.05, 0) is 43.0 Å². The lowest BCUT2D eigenvalue weighted by atomic mass is 9.78. The van der Waals surface area contributed by atoms with E-state index in [4.69, 9.17) is 5.14 Å². The highest BCUT2D eigenvalue weighted by Gasteiger charge is 2.32. The number of nitrogens with one attached hydrogen (secondary N) is 2. The Balaban J connectivity index is 2.16. The summed E-state index contributed by atoms with van der Waals surface area (Å²) in [5, 5.41) is 8.37. The lowest BCUT2D eigenvalue weighted by molar-refractivity contribution is 0.181. The topological polar surface area (TPSA) is 118 Å². The van der Waals surface area contributed by atoms with Crippen LogP contribution in [0.1, 0.15) is 26.7 Å². The molecule has 1 aromatic carbocycles. The molecule has 0 aliphatic carbocycles. The Labute approximate surface area is 137 Å². The summed E-state index contributed by atoms with van der Waals surface area (Å²) in [6, 6.07) is 5.05. The minimum atomic E-state index is -3.94. The Morgan fingerprint density at radius 3 is 2.52 bits per heavy atom. The number of rotatable bonds is 5. The van der Waals surface area contributed by atoms with Crippen molar-refractivity contribution in [2.75, 3.05) is 13.1 Å². The number of nitrogens with two attached hydrogens (primary N) is 1. The van der Waals surface area contributed by atoms with Gasteiger partial charge in [0.1, 0.15) is 0 Å². The van der Waals surface area contributed by atoms with Gasteiger partial charge < -0.3 is 5.32 Å². The second-order valence-corrected chi connectivity index (χ2v) is 9.80. The summed E-state index contributed by atoms with van der Waals surface area (Å²) < 4.78 is 50.0. The molecule has 1 fully saturated rings. The van der Waals surface area contributed by atoms with Gasteiger partial charge in [-0.1, -0.05) is 19.9 Å². The molecule has 9 heteroatoms.